The van der Waals surface area contributed by atoms with E-state index in [4.69, 9.17) is 5.11 Å². The number of aromatic carboxylic acids is 1. The van der Waals surface area contributed by atoms with Crippen LogP contribution >= 0.6 is 11.3 Å². The predicted molar refractivity (Wildman–Crippen MR) is 81.5 cm³/mol. The lowest BCUT2D eigenvalue weighted by Gasteiger charge is -2.26. The summed E-state index contributed by atoms with van der Waals surface area (Å²) < 4.78 is 27.2. The molecular formula is C13H20N2O4S2. The molecule has 1 saturated heterocycles. The van der Waals surface area contributed by atoms with Gasteiger partial charge in [0, 0.05) is 19.1 Å². The number of thiophene rings is 1. The number of carbonyl (C=O) groups is 1. The average Bonchev–Trinajstić information content (AvgIpc) is 2.68. The summed E-state index contributed by atoms with van der Waals surface area (Å²) in [4.78, 5) is 13.3. The number of nitrogens with zero attached hydrogens (tertiary/aromatic N) is 2. The molecule has 118 valence electrons. The molecule has 1 aliphatic rings. The Morgan fingerprint density at radius 1 is 1.43 bits per heavy atom. The number of sulfonamides is 1. The summed E-state index contributed by atoms with van der Waals surface area (Å²) in [5.41, 5.74) is 0.491. The van der Waals surface area contributed by atoms with Gasteiger partial charge in [0.1, 0.15) is 9.09 Å². The lowest BCUT2D eigenvalue weighted by Crippen LogP contribution is -2.41. The Morgan fingerprint density at radius 3 is 2.67 bits per heavy atom. The third-order valence-electron chi connectivity index (χ3n) is 3.64. The van der Waals surface area contributed by atoms with Crippen molar-refractivity contribution in [3.05, 3.63) is 16.5 Å². The highest BCUT2D eigenvalue weighted by atomic mass is 32.2. The van der Waals surface area contributed by atoms with Gasteiger partial charge in [0.05, 0.1) is 0 Å². The van der Waals surface area contributed by atoms with Crippen molar-refractivity contribution in [2.24, 2.45) is 0 Å². The summed E-state index contributed by atoms with van der Waals surface area (Å²) in [6, 6.07) is 1.34. The Kier molecular flexibility index (Phi) is 4.72. The molecule has 0 bridgehead atoms. The van der Waals surface area contributed by atoms with Gasteiger partial charge in [-0.1, -0.05) is 0 Å². The van der Waals surface area contributed by atoms with E-state index < -0.39 is 16.0 Å². The van der Waals surface area contributed by atoms with Crippen LogP contribution in [0.1, 0.15) is 28.6 Å². The minimum Gasteiger partial charge on any atom is -0.477 e. The molecule has 2 heterocycles. The van der Waals surface area contributed by atoms with Gasteiger partial charge in [-0.2, -0.15) is 4.31 Å². The average molecular weight is 332 g/mol. The number of carboxylic acid groups (broad SMARTS) is 1. The van der Waals surface area contributed by atoms with Crippen LogP contribution in [-0.4, -0.2) is 61.4 Å². The maximum absolute atomic E-state index is 12.8. The summed E-state index contributed by atoms with van der Waals surface area (Å²) in [6.07, 6.45) is 0.774. The van der Waals surface area contributed by atoms with Crippen molar-refractivity contribution in [3.63, 3.8) is 0 Å². The smallest absolute Gasteiger partial charge is 0.346 e. The molecule has 0 aliphatic carbocycles. The molecule has 1 aromatic rings. The van der Waals surface area contributed by atoms with Crippen LogP contribution in [-0.2, 0) is 10.0 Å². The maximum atomic E-state index is 12.8. The SMILES string of the molecule is Cc1cc(S(=O)(=O)N2CCCN(C)CC2C)sc1C(=O)O. The molecule has 2 rings (SSSR count). The molecule has 1 atom stereocenters. The van der Waals surface area contributed by atoms with Gasteiger partial charge in [0.15, 0.2) is 0 Å². The van der Waals surface area contributed by atoms with E-state index in [9.17, 15) is 13.2 Å². The second-order valence-electron chi connectivity index (χ2n) is 5.46. The van der Waals surface area contributed by atoms with Crippen LogP contribution in [0.3, 0.4) is 0 Å². The number of carboxylic acids is 1. The largest absolute Gasteiger partial charge is 0.477 e. The van der Waals surface area contributed by atoms with Crippen molar-refractivity contribution >= 4 is 27.3 Å². The summed E-state index contributed by atoms with van der Waals surface area (Å²) in [5.74, 6) is -1.08. The van der Waals surface area contributed by atoms with Crippen LogP contribution in [0.5, 0.6) is 0 Å². The molecule has 0 saturated carbocycles. The van der Waals surface area contributed by atoms with Crippen molar-refractivity contribution in [2.45, 2.75) is 30.5 Å². The number of rotatable bonds is 3. The van der Waals surface area contributed by atoms with Gasteiger partial charge >= 0.3 is 5.97 Å². The molecule has 1 aliphatic heterocycles. The first-order valence-electron chi connectivity index (χ1n) is 6.77. The molecule has 0 amide bonds. The van der Waals surface area contributed by atoms with E-state index in [1.54, 1.807) is 6.92 Å². The van der Waals surface area contributed by atoms with E-state index in [2.05, 4.69) is 4.90 Å². The Hall–Kier alpha value is -0.960. The first-order chi connectivity index (χ1) is 9.73. The van der Waals surface area contributed by atoms with Crippen molar-refractivity contribution in [2.75, 3.05) is 26.7 Å². The highest BCUT2D eigenvalue weighted by Gasteiger charge is 2.33. The monoisotopic (exact) mass is 332 g/mol. The number of likely N-dealkylation sites (N-methyl/N-ethyl adjacent to an activating group) is 1. The zero-order valence-electron chi connectivity index (χ0n) is 12.4. The Morgan fingerprint density at radius 2 is 2.10 bits per heavy atom. The van der Waals surface area contributed by atoms with Gasteiger partial charge in [-0.3, -0.25) is 0 Å². The highest BCUT2D eigenvalue weighted by molar-refractivity contribution is 7.91. The number of hydrogen-bond donors (Lipinski definition) is 1. The molecule has 21 heavy (non-hydrogen) atoms. The molecule has 0 spiro atoms. The molecular weight excluding hydrogens is 312 g/mol. The van der Waals surface area contributed by atoms with Gasteiger partial charge in [-0.05, 0) is 45.5 Å². The fourth-order valence-electron chi connectivity index (χ4n) is 2.62. The quantitative estimate of drug-likeness (QED) is 0.907. The maximum Gasteiger partial charge on any atom is 0.346 e. The van der Waals surface area contributed by atoms with Crippen LogP contribution in [0.2, 0.25) is 0 Å². The van der Waals surface area contributed by atoms with E-state index in [1.807, 2.05) is 14.0 Å². The molecule has 0 aromatic carbocycles. The van der Waals surface area contributed by atoms with Crippen LogP contribution in [0.4, 0.5) is 0 Å². The predicted octanol–water partition coefficient (Wildman–Crippen LogP) is 1.47. The first-order valence-corrected chi connectivity index (χ1v) is 9.03. The van der Waals surface area contributed by atoms with E-state index in [1.165, 1.54) is 10.4 Å². The van der Waals surface area contributed by atoms with E-state index in [0.717, 1.165) is 24.3 Å². The van der Waals surface area contributed by atoms with Crippen LogP contribution in [0.25, 0.3) is 0 Å². The van der Waals surface area contributed by atoms with Crippen molar-refractivity contribution in [3.8, 4) is 0 Å². The minimum absolute atomic E-state index is 0.0909. The molecule has 1 N–H and O–H groups in total. The fourth-order valence-corrected chi connectivity index (χ4v) is 5.78. The van der Waals surface area contributed by atoms with Gasteiger partial charge in [-0.25, -0.2) is 13.2 Å². The zero-order valence-corrected chi connectivity index (χ0v) is 14.0. The minimum atomic E-state index is -3.63. The molecule has 1 aromatic heterocycles. The van der Waals surface area contributed by atoms with E-state index in [0.29, 0.717) is 18.7 Å². The van der Waals surface area contributed by atoms with Gasteiger partial charge in [0.2, 0.25) is 0 Å². The topological polar surface area (TPSA) is 77.9 Å². The lowest BCUT2D eigenvalue weighted by atomic mass is 10.3. The van der Waals surface area contributed by atoms with Crippen LogP contribution < -0.4 is 0 Å². The number of aryl methyl sites for hydroxylation is 1. The Labute approximate surface area is 129 Å². The highest BCUT2D eigenvalue weighted by Crippen LogP contribution is 2.30. The van der Waals surface area contributed by atoms with Crippen molar-refractivity contribution in [1.82, 2.24) is 9.21 Å². The number of hydrogen-bond acceptors (Lipinski definition) is 5. The van der Waals surface area contributed by atoms with Crippen LogP contribution in [0, 0.1) is 6.92 Å². The van der Waals surface area contributed by atoms with E-state index in [-0.39, 0.29) is 15.1 Å². The lowest BCUT2D eigenvalue weighted by molar-refractivity contribution is 0.0701. The summed E-state index contributed by atoms with van der Waals surface area (Å²) in [7, 11) is -1.65. The second kappa shape index (κ2) is 6.04. The summed E-state index contributed by atoms with van der Waals surface area (Å²) in [6.45, 7) is 5.51. The van der Waals surface area contributed by atoms with Gasteiger partial charge < -0.3 is 10.0 Å². The van der Waals surface area contributed by atoms with E-state index >= 15 is 0 Å². The summed E-state index contributed by atoms with van der Waals surface area (Å²) >= 11 is 0.835. The molecule has 1 unspecified atom stereocenters. The van der Waals surface area contributed by atoms with Gasteiger partial charge in [0.25, 0.3) is 10.0 Å². The first kappa shape index (κ1) is 16.4. The third-order valence-corrected chi connectivity index (χ3v) is 7.33. The molecule has 0 radical (unpaired) electrons. The van der Waals surface area contributed by atoms with Crippen molar-refractivity contribution in [1.29, 1.82) is 0 Å². The normalized spacial score (nSPS) is 22.1. The van der Waals surface area contributed by atoms with Crippen LogP contribution in [0.15, 0.2) is 10.3 Å². The van der Waals surface area contributed by atoms with Gasteiger partial charge in [-0.15, -0.1) is 11.3 Å². The molecule has 1 fully saturated rings. The fraction of sp³-hybridized carbons (Fsp3) is 0.615. The zero-order chi connectivity index (χ0) is 15.8. The molecule has 8 heteroatoms. The summed E-state index contributed by atoms with van der Waals surface area (Å²) in [5, 5.41) is 9.08. The van der Waals surface area contributed by atoms with Crippen molar-refractivity contribution < 1.29 is 18.3 Å². The molecule has 6 nitrogen and oxygen atoms in total. The second-order valence-corrected chi connectivity index (χ2v) is 8.63. The Balaban J connectivity index is 2.37. The third kappa shape index (κ3) is 3.28. The Bertz CT molecular complexity index is 639. The standard InChI is InChI=1S/C13H20N2O4S2/c1-9-7-11(20-12(9)13(16)17)21(18,19)15-6-4-5-14(3)8-10(15)2/h7,10H,4-6,8H2,1-3H3,(H,16,17).